The Bertz CT molecular complexity index is 1520. The number of ether oxygens (including phenoxy) is 1. The van der Waals surface area contributed by atoms with E-state index in [1.165, 1.54) is 15.4 Å². The number of carbonyl (C=O) groups is 1. The van der Waals surface area contributed by atoms with Gasteiger partial charge in [0.25, 0.3) is 5.91 Å². The number of benzene rings is 2. The van der Waals surface area contributed by atoms with Gasteiger partial charge in [-0.15, -0.1) is 0 Å². The van der Waals surface area contributed by atoms with Crippen molar-refractivity contribution in [1.29, 1.82) is 0 Å². The molecule has 1 fully saturated rings. The molecule has 3 aliphatic heterocycles. The summed E-state index contributed by atoms with van der Waals surface area (Å²) in [5, 5.41) is 13.2. The molecule has 2 N–H and O–H groups in total. The Labute approximate surface area is 206 Å². The highest BCUT2D eigenvalue weighted by Gasteiger charge is 2.43. The van der Waals surface area contributed by atoms with Crippen LogP contribution in [0.2, 0.25) is 0 Å². The van der Waals surface area contributed by atoms with Gasteiger partial charge in [-0.2, -0.15) is 0 Å². The van der Waals surface area contributed by atoms with E-state index < -0.39 is 23.0 Å². The van der Waals surface area contributed by atoms with Gasteiger partial charge in [0.15, 0.2) is 0 Å². The lowest BCUT2D eigenvalue weighted by molar-refractivity contribution is 0.0735. The Morgan fingerprint density at radius 3 is 2.50 bits per heavy atom. The summed E-state index contributed by atoms with van der Waals surface area (Å²) >= 11 is 0. The van der Waals surface area contributed by atoms with Crippen LogP contribution >= 0.6 is 0 Å². The summed E-state index contributed by atoms with van der Waals surface area (Å²) in [5.41, 5.74) is 0.812. The van der Waals surface area contributed by atoms with E-state index in [9.17, 15) is 19.5 Å². The number of nitrogens with zero attached hydrogens (tertiary/aromatic N) is 4. The number of allylic oxidation sites excluding steroid dienone is 1. The molecule has 2 aromatic carbocycles. The van der Waals surface area contributed by atoms with Gasteiger partial charge in [0.1, 0.15) is 23.1 Å². The van der Waals surface area contributed by atoms with Crippen LogP contribution in [0.5, 0.6) is 11.5 Å². The van der Waals surface area contributed by atoms with Crippen molar-refractivity contribution in [2.45, 2.75) is 32.0 Å². The molecule has 1 atom stereocenters. The summed E-state index contributed by atoms with van der Waals surface area (Å²) in [6, 6.07) is 10.8. The highest BCUT2D eigenvalue weighted by Crippen LogP contribution is 2.46. The fraction of sp³-hybridized carbons (Fsp3) is 0.346. The standard InChI is InChI=1S/C26H27N5O5/c1-26(2)20-9-12-29-24(34)30(17-5-3-16(4-6-17)23(33)28-13-10-27-11-14-28)25(35)31(29)22(20)19-8-7-18(32)15-21(19)36-26/h3-9,15,22,27,32H,10-14H2,1-2H3. The number of hydrogen-bond donors (Lipinski definition) is 2. The van der Waals surface area contributed by atoms with Gasteiger partial charge < -0.3 is 20.1 Å². The SMILES string of the molecule is CC1(C)Oc2cc(O)ccc2C2C1=CCn1c(=O)n(-c3ccc(C(=O)N4CCNCC4)cc3)c(=O)n12. The smallest absolute Gasteiger partial charge is 0.352 e. The van der Waals surface area contributed by atoms with Gasteiger partial charge >= 0.3 is 11.4 Å². The highest BCUT2D eigenvalue weighted by atomic mass is 16.5. The van der Waals surface area contributed by atoms with E-state index in [1.807, 2.05) is 19.9 Å². The molecule has 1 unspecified atom stereocenters. The van der Waals surface area contributed by atoms with Crippen molar-refractivity contribution in [3.8, 4) is 17.2 Å². The first kappa shape index (κ1) is 22.4. The molecule has 1 aromatic heterocycles. The van der Waals surface area contributed by atoms with Crippen LogP contribution in [0, 0.1) is 0 Å². The molecule has 186 valence electrons. The van der Waals surface area contributed by atoms with E-state index in [0.29, 0.717) is 35.7 Å². The van der Waals surface area contributed by atoms with E-state index in [2.05, 4.69) is 5.32 Å². The molecule has 0 spiro atoms. The lowest BCUT2D eigenvalue weighted by Gasteiger charge is -2.42. The Hall–Kier alpha value is -4.05. The first-order chi connectivity index (χ1) is 17.3. The van der Waals surface area contributed by atoms with Crippen molar-refractivity contribution in [1.82, 2.24) is 24.1 Å². The molecule has 3 aliphatic rings. The third kappa shape index (κ3) is 3.32. The van der Waals surface area contributed by atoms with Gasteiger partial charge in [0.05, 0.1) is 12.2 Å². The van der Waals surface area contributed by atoms with Gasteiger partial charge in [0.2, 0.25) is 0 Å². The molecule has 3 aromatic rings. The predicted molar refractivity (Wildman–Crippen MR) is 132 cm³/mol. The minimum atomic E-state index is -0.736. The quantitative estimate of drug-likeness (QED) is 0.525. The number of piperazine rings is 1. The van der Waals surface area contributed by atoms with Crippen molar-refractivity contribution >= 4 is 5.91 Å². The molecule has 1 saturated heterocycles. The van der Waals surface area contributed by atoms with Gasteiger partial charge in [-0.25, -0.2) is 23.5 Å². The van der Waals surface area contributed by atoms with Gasteiger partial charge in [0, 0.05) is 43.4 Å². The zero-order valence-corrected chi connectivity index (χ0v) is 20.1. The Morgan fingerprint density at radius 1 is 1.06 bits per heavy atom. The second-order valence-corrected chi connectivity index (χ2v) is 9.81. The summed E-state index contributed by atoms with van der Waals surface area (Å²) in [6.07, 6.45) is 1.93. The van der Waals surface area contributed by atoms with E-state index in [4.69, 9.17) is 4.74 Å². The highest BCUT2D eigenvalue weighted by molar-refractivity contribution is 5.94. The third-order valence-electron chi connectivity index (χ3n) is 7.21. The van der Waals surface area contributed by atoms with E-state index in [1.54, 1.807) is 41.3 Å². The zero-order chi connectivity index (χ0) is 25.2. The molecule has 0 radical (unpaired) electrons. The number of rotatable bonds is 2. The van der Waals surface area contributed by atoms with E-state index in [-0.39, 0.29) is 18.2 Å². The average Bonchev–Trinajstić information content (AvgIpc) is 3.13. The molecule has 0 bridgehead atoms. The number of nitrogens with one attached hydrogen (secondary N) is 1. The molecule has 10 nitrogen and oxygen atoms in total. The second-order valence-electron chi connectivity index (χ2n) is 9.81. The number of fused-ring (bicyclic) bond motifs is 5. The number of aromatic hydroxyl groups is 1. The van der Waals surface area contributed by atoms with Crippen LogP contribution in [0.15, 0.2) is 63.7 Å². The van der Waals surface area contributed by atoms with Crippen molar-refractivity contribution < 1.29 is 14.6 Å². The van der Waals surface area contributed by atoms with Crippen LogP contribution in [-0.4, -0.2) is 61.6 Å². The first-order valence-corrected chi connectivity index (χ1v) is 12.0. The monoisotopic (exact) mass is 489 g/mol. The lowest BCUT2D eigenvalue weighted by atomic mass is 9.83. The normalized spacial score (nSPS) is 20.0. The first-order valence-electron chi connectivity index (χ1n) is 12.0. The van der Waals surface area contributed by atoms with Crippen LogP contribution in [0.3, 0.4) is 0 Å². The number of phenolic OH excluding ortho intramolecular Hbond substituents is 1. The minimum Gasteiger partial charge on any atom is -0.508 e. The maximum Gasteiger partial charge on any atom is 0.352 e. The number of phenols is 1. The average molecular weight is 490 g/mol. The predicted octanol–water partition coefficient (Wildman–Crippen LogP) is 1.25. The van der Waals surface area contributed by atoms with Crippen molar-refractivity contribution in [2.24, 2.45) is 0 Å². The Balaban J connectivity index is 1.43. The van der Waals surface area contributed by atoms with Crippen molar-refractivity contribution in [3.63, 3.8) is 0 Å². The molecule has 6 rings (SSSR count). The number of amides is 1. The molecule has 4 heterocycles. The summed E-state index contributed by atoms with van der Waals surface area (Å²) < 4.78 is 10.2. The molecular weight excluding hydrogens is 462 g/mol. The molecule has 0 saturated carbocycles. The minimum absolute atomic E-state index is 0.0607. The summed E-state index contributed by atoms with van der Waals surface area (Å²) in [4.78, 5) is 41.8. The maximum atomic E-state index is 13.7. The fourth-order valence-corrected chi connectivity index (χ4v) is 5.41. The van der Waals surface area contributed by atoms with Crippen molar-refractivity contribution in [2.75, 3.05) is 26.2 Å². The van der Waals surface area contributed by atoms with Crippen LogP contribution in [0.4, 0.5) is 0 Å². The Morgan fingerprint density at radius 2 is 1.78 bits per heavy atom. The maximum absolute atomic E-state index is 13.7. The van der Waals surface area contributed by atoms with Gasteiger partial charge in [-0.3, -0.25) is 4.79 Å². The Kier molecular flexibility index (Phi) is 4.97. The molecule has 1 amide bonds. The summed E-state index contributed by atoms with van der Waals surface area (Å²) in [5.74, 6) is 0.463. The second kappa shape index (κ2) is 7.99. The number of carbonyl (C=O) groups excluding carboxylic acids is 1. The largest absolute Gasteiger partial charge is 0.508 e. The fourth-order valence-electron chi connectivity index (χ4n) is 5.41. The van der Waals surface area contributed by atoms with E-state index >= 15 is 0 Å². The molecular formula is C26H27N5O5. The molecule has 10 heteroatoms. The zero-order valence-electron chi connectivity index (χ0n) is 20.1. The van der Waals surface area contributed by atoms with Crippen LogP contribution < -0.4 is 21.4 Å². The number of hydrogen-bond acceptors (Lipinski definition) is 6. The van der Waals surface area contributed by atoms with E-state index in [0.717, 1.165) is 23.2 Å². The van der Waals surface area contributed by atoms with Crippen LogP contribution in [0.25, 0.3) is 5.69 Å². The molecule has 0 aliphatic carbocycles. The van der Waals surface area contributed by atoms with Gasteiger partial charge in [-0.1, -0.05) is 6.08 Å². The van der Waals surface area contributed by atoms with Crippen LogP contribution in [-0.2, 0) is 6.54 Å². The van der Waals surface area contributed by atoms with Gasteiger partial charge in [-0.05, 0) is 55.8 Å². The molecule has 36 heavy (non-hydrogen) atoms. The van der Waals surface area contributed by atoms with Crippen LogP contribution in [0.1, 0.15) is 35.8 Å². The lowest BCUT2D eigenvalue weighted by Crippen LogP contribution is -2.46. The summed E-state index contributed by atoms with van der Waals surface area (Å²) in [6.45, 7) is 6.84. The summed E-state index contributed by atoms with van der Waals surface area (Å²) in [7, 11) is 0. The van der Waals surface area contributed by atoms with Crippen molar-refractivity contribution in [3.05, 3.63) is 86.2 Å². The topological polar surface area (TPSA) is 111 Å². The number of aromatic nitrogens is 3. The third-order valence-corrected chi connectivity index (χ3v) is 7.21.